The van der Waals surface area contributed by atoms with Crippen LogP contribution in [0.3, 0.4) is 0 Å². The van der Waals surface area contributed by atoms with Crippen LogP contribution in [0.2, 0.25) is 0 Å². The summed E-state index contributed by atoms with van der Waals surface area (Å²) in [6.45, 7) is 5.63. The molecule has 1 amide bonds. The molecule has 0 radical (unpaired) electrons. The zero-order chi connectivity index (χ0) is 22.8. The molecular formula is C26H28N6O. The topological polar surface area (TPSA) is 68.8 Å². The number of amides is 1. The molecular weight excluding hydrogens is 412 g/mol. The molecule has 0 unspecified atom stereocenters. The van der Waals surface area contributed by atoms with Gasteiger partial charge in [-0.2, -0.15) is 5.10 Å². The van der Waals surface area contributed by atoms with Crippen molar-refractivity contribution in [2.24, 2.45) is 0 Å². The van der Waals surface area contributed by atoms with E-state index >= 15 is 0 Å². The van der Waals surface area contributed by atoms with E-state index < -0.39 is 0 Å². The lowest BCUT2D eigenvalue weighted by molar-refractivity contribution is 0.0732. The van der Waals surface area contributed by atoms with E-state index in [0.717, 1.165) is 42.3 Å². The summed E-state index contributed by atoms with van der Waals surface area (Å²) in [4.78, 5) is 24.9. The van der Waals surface area contributed by atoms with Gasteiger partial charge in [0.2, 0.25) is 0 Å². The number of carbonyl (C=O) groups is 1. The summed E-state index contributed by atoms with van der Waals surface area (Å²) >= 11 is 0. The van der Waals surface area contributed by atoms with E-state index in [4.69, 9.17) is 4.98 Å². The quantitative estimate of drug-likeness (QED) is 0.439. The smallest absolute Gasteiger partial charge is 0.254 e. The second kappa shape index (κ2) is 9.02. The van der Waals surface area contributed by atoms with Crippen molar-refractivity contribution < 1.29 is 4.79 Å². The molecule has 7 nitrogen and oxygen atoms in total. The molecule has 7 heteroatoms. The van der Waals surface area contributed by atoms with Crippen molar-refractivity contribution in [1.29, 1.82) is 0 Å². The fraction of sp³-hybridized carbons (Fsp3) is 0.308. The Morgan fingerprint density at radius 2 is 1.97 bits per heavy atom. The van der Waals surface area contributed by atoms with Crippen LogP contribution in [0.5, 0.6) is 0 Å². The molecule has 1 aromatic carbocycles. The van der Waals surface area contributed by atoms with Gasteiger partial charge in [0, 0.05) is 42.8 Å². The van der Waals surface area contributed by atoms with Gasteiger partial charge in [-0.15, -0.1) is 0 Å². The van der Waals surface area contributed by atoms with Gasteiger partial charge in [0.1, 0.15) is 11.6 Å². The van der Waals surface area contributed by atoms with Crippen LogP contribution in [0.4, 0.5) is 0 Å². The third-order valence-corrected chi connectivity index (χ3v) is 6.12. The van der Waals surface area contributed by atoms with Gasteiger partial charge in [-0.3, -0.25) is 14.0 Å². The van der Waals surface area contributed by atoms with E-state index in [-0.39, 0.29) is 11.9 Å². The Balaban J connectivity index is 1.40. The highest BCUT2D eigenvalue weighted by Gasteiger charge is 2.32. The maximum absolute atomic E-state index is 13.5. The Kier molecular flexibility index (Phi) is 5.77. The molecule has 0 bridgehead atoms. The van der Waals surface area contributed by atoms with Gasteiger partial charge < -0.3 is 4.90 Å². The van der Waals surface area contributed by atoms with E-state index in [9.17, 15) is 4.79 Å². The van der Waals surface area contributed by atoms with Crippen LogP contribution >= 0.6 is 0 Å². The van der Waals surface area contributed by atoms with Gasteiger partial charge in [-0.25, -0.2) is 9.97 Å². The highest BCUT2D eigenvalue weighted by molar-refractivity contribution is 5.94. The Morgan fingerprint density at radius 3 is 2.79 bits per heavy atom. The molecule has 3 aromatic heterocycles. The number of rotatable bonds is 6. The van der Waals surface area contributed by atoms with Gasteiger partial charge in [-0.05, 0) is 48.7 Å². The highest BCUT2D eigenvalue weighted by atomic mass is 16.2. The molecule has 0 N–H and O–H groups in total. The Hall–Kier alpha value is -3.74. The number of carbonyl (C=O) groups excluding carboxylic acids is 1. The first-order valence-corrected chi connectivity index (χ1v) is 11.5. The molecule has 168 valence electrons. The number of hydrogen-bond donors (Lipinski definition) is 0. The molecule has 33 heavy (non-hydrogen) atoms. The lowest BCUT2D eigenvalue weighted by Crippen LogP contribution is -2.31. The minimum atomic E-state index is -0.0294. The number of imidazole rings is 1. The predicted molar refractivity (Wildman–Crippen MR) is 126 cm³/mol. The zero-order valence-electron chi connectivity index (χ0n) is 19.0. The summed E-state index contributed by atoms with van der Waals surface area (Å²) in [5, 5.41) is 4.27. The SMILES string of the molecule is CC(C)c1nccn1-c1cccc([C@@H]2CCCN2C(=O)c2cccc(Cn3cccn3)c2)n1. The van der Waals surface area contributed by atoms with Crippen LogP contribution in [-0.4, -0.2) is 41.7 Å². The molecule has 1 aliphatic rings. The lowest BCUT2D eigenvalue weighted by atomic mass is 10.1. The second-order valence-electron chi connectivity index (χ2n) is 8.79. The second-order valence-corrected chi connectivity index (χ2v) is 8.79. The molecule has 1 atom stereocenters. The van der Waals surface area contributed by atoms with Crippen molar-refractivity contribution >= 4 is 5.91 Å². The molecule has 0 aliphatic carbocycles. The first kappa shape index (κ1) is 21.1. The van der Waals surface area contributed by atoms with E-state index in [1.54, 1.807) is 6.20 Å². The van der Waals surface area contributed by atoms with Crippen molar-refractivity contribution in [3.63, 3.8) is 0 Å². The van der Waals surface area contributed by atoms with Crippen LogP contribution in [0.1, 0.15) is 66.1 Å². The van der Waals surface area contributed by atoms with Gasteiger partial charge in [0.05, 0.1) is 18.3 Å². The van der Waals surface area contributed by atoms with Crippen molar-refractivity contribution in [1.82, 2.24) is 29.2 Å². The minimum absolute atomic E-state index is 0.0294. The number of nitrogens with zero attached hydrogens (tertiary/aromatic N) is 6. The largest absolute Gasteiger partial charge is 0.330 e. The summed E-state index contributed by atoms with van der Waals surface area (Å²) in [5.41, 5.74) is 2.69. The van der Waals surface area contributed by atoms with Crippen molar-refractivity contribution in [2.45, 2.75) is 45.2 Å². The van der Waals surface area contributed by atoms with Crippen molar-refractivity contribution in [3.8, 4) is 5.82 Å². The van der Waals surface area contributed by atoms with Gasteiger partial charge in [0.25, 0.3) is 5.91 Å². The summed E-state index contributed by atoms with van der Waals surface area (Å²) < 4.78 is 3.90. The standard InChI is InChI=1S/C26H28N6O/c1-19(2)25-27-13-16-32(25)24-11-4-9-22(29-24)23-10-5-15-31(23)26(33)21-8-3-7-20(17-21)18-30-14-6-12-28-30/h3-4,6-9,11-14,16-17,19,23H,5,10,15,18H2,1-2H3/t23-/m0/s1. The number of hydrogen-bond acceptors (Lipinski definition) is 4. The van der Waals surface area contributed by atoms with Gasteiger partial charge in [0.15, 0.2) is 0 Å². The summed E-state index contributed by atoms with van der Waals surface area (Å²) in [7, 11) is 0. The number of pyridine rings is 1. The monoisotopic (exact) mass is 440 g/mol. The summed E-state index contributed by atoms with van der Waals surface area (Å²) in [5.74, 6) is 2.17. The zero-order valence-corrected chi connectivity index (χ0v) is 19.0. The number of aromatic nitrogens is 5. The molecule has 0 spiro atoms. The van der Waals surface area contributed by atoms with E-state index in [0.29, 0.717) is 18.0 Å². The first-order chi connectivity index (χ1) is 16.1. The first-order valence-electron chi connectivity index (χ1n) is 11.5. The van der Waals surface area contributed by atoms with Crippen LogP contribution in [0, 0.1) is 0 Å². The lowest BCUT2D eigenvalue weighted by Gasteiger charge is -2.25. The molecule has 5 rings (SSSR count). The highest BCUT2D eigenvalue weighted by Crippen LogP contribution is 2.33. The fourth-order valence-corrected chi connectivity index (χ4v) is 4.56. The number of benzene rings is 1. The predicted octanol–water partition coefficient (Wildman–Crippen LogP) is 4.61. The van der Waals surface area contributed by atoms with Crippen LogP contribution < -0.4 is 0 Å². The Morgan fingerprint density at radius 1 is 1.09 bits per heavy atom. The Bertz CT molecular complexity index is 1240. The third kappa shape index (κ3) is 4.31. The van der Waals surface area contributed by atoms with E-state index in [2.05, 4.69) is 23.9 Å². The average molecular weight is 441 g/mol. The van der Waals surface area contributed by atoms with Crippen LogP contribution in [0.25, 0.3) is 5.82 Å². The third-order valence-electron chi connectivity index (χ3n) is 6.12. The molecule has 1 saturated heterocycles. The number of likely N-dealkylation sites (tertiary alicyclic amines) is 1. The Labute approximate surface area is 193 Å². The average Bonchev–Trinajstić information content (AvgIpc) is 3.60. The van der Waals surface area contributed by atoms with E-state index in [1.807, 2.05) is 81.3 Å². The minimum Gasteiger partial charge on any atom is -0.330 e. The molecule has 4 heterocycles. The van der Waals surface area contributed by atoms with Crippen LogP contribution in [-0.2, 0) is 6.54 Å². The van der Waals surface area contributed by atoms with Crippen LogP contribution in [0.15, 0.2) is 73.3 Å². The molecule has 1 aliphatic heterocycles. The van der Waals surface area contributed by atoms with Crippen molar-refractivity contribution in [3.05, 3.63) is 96.0 Å². The van der Waals surface area contributed by atoms with E-state index in [1.165, 1.54) is 0 Å². The van der Waals surface area contributed by atoms with Crippen molar-refractivity contribution in [2.75, 3.05) is 6.54 Å². The molecule has 4 aromatic rings. The maximum Gasteiger partial charge on any atom is 0.254 e. The maximum atomic E-state index is 13.5. The summed E-state index contributed by atoms with van der Waals surface area (Å²) in [6, 6.07) is 15.8. The molecule has 1 fully saturated rings. The summed E-state index contributed by atoms with van der Waals surface area (Å²) in [6.07, 6.45) is 9.33. The molecule has 0 saturated carbocycles. The fourth-order valence-electron chi connectivity index (χ4n) is 4.56. The normalized spacial score (nSPS) is 16.0. The van der Waals surface area contributed by atoms with Gasteiger partial charge in [-0.1, -0.05) is 32.0 Å². The van der Waals surface area contributed by atoms with Gasteiger partial charge >= 0.3 is 0 Å².